The fourth-order valence-corrected chi connectivity index (χ4v) is 3.64. The van der Waals surface area contributed by atoms with Crippen molar-refractivity contribution < 1.29 is 9.59 Å². The molecule has 0 aliphatic rings. The zero-order valence-electron chi connectivity index (χ0n) is 18.7. The number of pyridine rings is 2. The molecule has 0 spiro atoms. The Kier molecular flexibility index (Phi) is 6.04. The first-order valence-electron chi connectivity index (χ1n) is 10.6. The molecule has 2 heterocycles. The van der Waals surface area contributed by atoms with Crippen molar-refractivity contribution in [3.63, 3.8) is 0 Å². The van der Waals surface area contributed by atoms with Gasteiger partial charge < -0.3 is 15.2 Å². The SMILES string of the molecule is Cc1cccc(NC(=O)Cn2cc(C(=O)Nc3cccc(C)c3)c(=O)c3ccc(C)nc32)c1. The molecule has 0 saturated heterocycles. The van der Waals surface area contributed by atoms with E-state index in [1.165, 1.54) is 6.20 Å². The van der Waals surface area contributed by atoms with Gasteiger partial charge in [-0.3, -0.25) is 14.4 Å². The first-order valence-corrected chi connectivity index (χ1v) is 10.6. The van der Waals surface area contributed by atoms with Gasteiger partial charge in [0.05, 0.1) is 5.39 Å². The molecule has 0 radical (unpaired) electrons. The molecule has 0 aliphatic carbocycles. The third-order valence-corrected chi connectivity index (χ3v) is 5.20. The number of aryl methyl sites for hydroxylation is 3. The van der Waals surface area contributed by atoms with Gasteiger partial charge in [-0.2, -0.15) is 0 Å². The van der Waals surface area contributed by atoms with Crippen LogP contribution in [0.2, 0.25) is 0 Å². The Bertz CT molecular complexity index is 1440. The van der Waals surface area contributed by atoms with Gasteiger partial charge in [0.1, 0.15) is 17.8 Å². The van der Waals surface area contributed by atoms with Gasteiger partial charge in [-0.25, -0.2) is 4.98 Å². The van der Waals surface area contributed by atoms with E-state index in [0.29, 0.717) is 22.7 Å². The van der Waals surface area contributed by atoms with Crippen LogP contribution in [0.4, 0.5) is 11.4 Å². The zero-order valence-corrected chi connectivity index (χ0v) is 18.7. The minimum atomic E-state index is -0.541. The third-order valence-electron chi connectivity index (χ3n) is 5.20. The van der Waals surface area contributed by atoms with Crippen LogP contribution in [0.5, 0.6) is 0 Å². The van der Waals surface area contributed by atoms with E-state index in [0.717, 1.165) is 11.1 Å². The Morgan fingerprint density at radius 1 is 0.879 bits per heavy atom. The van der Waals surface area contributed by atoms with Crippen molar-refractivity contribution in [1.82, 2.24) is 9.55 Å². The van der Waals surface area contributed by atoms with Crippen molar-refractivity contribution in [2.24, 2.45) is 0 Å². The molecule has 0 atom stereocenters. The maximum absolute atomic E-state index is 13.1. The maximum Gasteiger partial charge on any atom is 0.261 e. The highest BCUT2D eigenvalue weighted by molar-refractivity contribution is 6.05. The van der Waals surface area contributed by atoms with E-state index < -0.39 is 11.3 Å². The Morgan fingerprint density at radius 2 is 1.52 bits per heavy atom. The Hall–Kier alpha value is -4.26. The number of fused-ring (bicyclic) bond motifs is 1. The number of benzene rings is 2. The minimum absolute atomic E-state index is 0.0574. The second-order valence-corrected chi connectivity index (χ2v) is 8.06. The minimum Gasteiger partial charge on any atom is -0.325 e. The van der Waals surface area contributed by atoms with Crippen LogP contribution in [-0.4, -0.2) is 21.4 Å². The summed E-state index contributed by atoms with van der Waals surface area (Å²) in [6.45, 7) is 5.56. The number of hydrogen-bond acceptors (Lipinski definition) is 4. The number of rotatable bonds is 5. The van der Waals surface area contributed by atoms with Crippen LogP contribution in [0.15, 0.2) is 71.7 Å². The van der Waals surface area contributed by atoms with Gasteiger partial charge >= 0.3 is 0 Å². The molecule has 4 aromatic rings. The topological polar surface area (TPSA) is 93.1 Å². The fourth-order valence-electron chi connectivity index (χ4n) is 3.64. The van der Waals surface area contributed by atoms with E-state index in [2.05, 4.69) is 15.6 Å². The van der Waals surface area contributed by atoms with Crippen LogP contribution in [0.1, 0.15) is 27.2 Å². The van der Waals surface area contributed by atoms with E-state index in [-0.39, 0.29) is 23.4 Å². The Labute approximate surface area is 191 Å². The number of carbonyl (C=O) groups excluding carboxylic acids is 2. The summed E-state index contributed by atoms with van der Waals surface area (Å²) in [5.41, 5.74) is 3.83. The molecular weight excluding hydrogens is 416 g/mol. The highest BCUT2D eigenvalue weighted by Crippen LogP contribution is 2.15. The molecule has 0 aliphatic heterocycles. The number of hydrogen-bond donors (Lipinski definition) is 2. The number of aromatic nitrogens is 2. The van der Waals surface area contributed by atoms with Crippen molar-refractivity contribution in [2.45, 2.75) is 27.3 Å². The van der Waals surface area contributed by atoms with E-state index in [9.17, 15) is 14.4 Å². The Balaban J connectivity index is 1.71. The lowest BCUT2D eigenvalue weighted by Gasteiger charge is -2.14. The van der Waals surface area contributed by atoms with Crippen molar-refractivity contribution in [3.05, 3.63) is 99.5 Å². The van der Waals surface area contributed by atoms with E-state index in [1.807, 2.05) is 50.2 Å². The van der Waals surface area contributed by atoms with E-state index in [1.54, 1.807) is 35.8 Å². The van der Waals surface area contributed by atoms with Gasteiger partial charge in [0, 0.05) is 23.3 Å². The molecule has 0 fully saturated rings. The molecular formula is C26H24N4O3. The highest BCUT2D eigenvalue weighted by Gasteiger charge is 2.18. The lowest BCUT2D eigenvalue weighted by Crippen LogP contribution is -2.27. The molecule has 7 nitrogen and oxygen atoms in total. The van der Waals surface area contributed by atoms with Gasteiger partial charge in [0.25, 0.3) is 5.91 Å². The van der Waals surface area contributed by atoms with E-state index >= 15 is 0 Å². The monoisotopic (exact) mass is 440 g/mol. The second-order valence-electron chi connectivity index (χ2n) is 8.06. The van der Waals surface area contributed by atoms with Crippen LogP contribution >= 0.6 is 0 Å². The molecule has 0 saturated carbocycles. The molecule has 2 amide bonds. The molecule has 166 valence electrons. The largest absolute Gasteiger partial charge is 0.325 e. The molecule has 2 N–H and O–H groups in total. The average Bonchev–Trinajstić information content (AvgIpc) is 2.75. The molecule has 4 rings (SSSR count). The summed E-state index contributed by atoms with van der Waals surface area (Å²) in [6, 6.07) is 18.1. The predicted molar refractivity (Wildman–Crippen MR) is 130 cm³/mol. The smallest absolute Gasteiger partial charge is 0.261 e. The molecule has 0 bridgehead atoms. The highest BCUT2D eigenvalue weighted by atomic mass is 16.2. The van der Waals surface area contributed by atoms with Crippen molar-refractivity contribution in [3.8, 4) is 0 Å². The number of carbonyl (C=O) groups is 2. The molecule has 2 aromatic carbocycles. The van der Waals surface area contributed by atoms with Crippen LogP contribution in [-0.2, 0) is 11.3 Å². The van der Waals surface area contributed by atoms with Gasteiger partial charge in [-0.15, -0.1) is 0 Å². The average molecular weight is 441 g/mol. The summed E-state index contributed by atoms with van der Waals surface area (Å²) in [7, 11) is 0. The third kappa shape index (κ3) is 4.98. The van der Waals surface area contributed by atoms with Gasteiger partial charge in [0.2, 0.25) is 11.3 Å². The van der Waals surface area contributed by atoms with Gasteiger partial charge in [-0.05, 0) is 68.3 Å². The lowest BCUT2D eigenvalue weighted by atomic mass is 10.1. The lowest BCUT2D eigenvalue weighted by molar-refractivity contribution is -0.116. The normalized spacial score (nSPS) is 10.8. The Morgan fingerprint density at radius 3 is 2.15 bits per heavy atom. The quantitative estimate of drug-likeness (QED) is 0.486. The molecule has 2 aromatic heterocycles. The van der Waals surface area contributed by atoms with Crippen LogP contribution < -0.4 is 16.1 Å². The summed E-state index contributed by atoms with van der Waals surface area (Å²) >= 11 is 0. The molecule has 0 unspecified atom stereocenters. The first-order chi connectivity index (χ1) is 15.8. The van der Waals surface area contributed by atoms with Gasteiger partial charge in [-0.1, -0.05) is 24.3 Å². The summed E-state index contributed by atoms with van der Waals surface area (Å²) in [6.07, 6.45) is 1.40. The number of amides is 2. The van der Waals surface area contributed by atoms with E-state index in [4.69, 9.17) is 0 Å². The fraction of sp³-hybridized carbons (Fsp3) is 0.154. The number of nitrogens with one attached hydrogen (secondary N) is 2. The predicted octanol–water partition coefficient (Wildman–Crippen LogP) is 4.21. The maximum atomic E-state index is 13.1. The summed E-state index contributed by atoms with van der Waals surface area (Å²) in [5, 5.41) is 5.90. The van der Waals surface area contributed by atoms with Crippen molar-refractivity contribution >= 4 is 34.2 Å². The second kappa shape index (κ2) is 9.08. The molecule has 7 heteroatoms. The first kappa shape index (κ1) is 22.0. The summed E-state index contributed by atoms with van der Waals surface area (Å²) in [4.78, 5) is 43.3. The van der Waals surface area contributed by atoms with Gasteiger partial charge in [0.15, 0.2) is 0 Å². The zero-order chi connectivity index (χ0) is 23.5. The van der Waals surface area contributed by atoms with Crippen molar-refractivity contribution in [2.75, 3.05) is 10.6 Å². The summed E-state index contributed by atoms with van der Waals surface area (Å²) < 4.78 is 1.54. The number of anilines is 2. The van der Waals surface area contributed by atoms with Crippen LogP contribution in [0.25, 0.3) is 11.0 Å². The molecule has 33 heavy (non-hydrogen) atoms. The summed E-state index contributed by atoms with van der Waals surface area (Å²) in [5.74, 6) is -0.834. The van der Waals surface area contributed by atoms with Crippen molar-refractivity contribution in [1.29, 1.82) is 0 Å². The van der Waals surface area contributed by atoms with Crippen LogP contribution in [0.3, 0.4) is 0 Å². The number of nitrogens with zero attached hydrogens (tertiary/aromatic N) is 2. The standard InChI is InChI=1S/C26H24N4O3/c1-16-6-4-8-19(12-16)28-23(31)15-30-14-22(24(32)21-11-10-18(3)27-25(21)30)26(33)29-20-9-5-7-17(2)13-20/h4-14H,15H2,1-3H3,(H,28,31)(H,29,33). The van der Waals surface area contributed by atoms with Crippen LogP contribution in [0, 0.1) is 20.8 Å².